The van der Waals surface area contributed by atoms with Crippen molar-refractivity contribution in [2.24, 2.45) is 0 Å². The molecule has 2 rings (SSSR count). The first-order valence-electron chi connectivity index (χ1n) is 3.75. The van der Waals surface area contributed by atoms with E-state index in [1.807, 2.05) is 0 Å². The Labute approximate surface area is 127 Å². The van der Waals surface area contributed by atoms with Gasteiger partial charge in [-0.3, -0.25) is 0 Å². The largest absolute Gasteiger partial charge is 0.429 e. The summed E-state index contributed by atoms with van der Waals surface area (Å²) in [5, 5.41) is 0.248. The van der Waals surface area contributed by atoms with Crippen molar-refractivity contribution < 1.29 is 9.53 Å². The molecule has 0 radical (unpaired) electrons. The number of ether oxygens (including phenoxy) is 1. The van der Waals surface area contributed by atoms with Crippen LogP contribution in [0.25, 0.3) is 0 Å². The second-order valence-corrected chi connectivity index (χ2v) is 7.72. The van der Waals surface area contributed by atoms with Crippen molar-refractivity contribution in [3.05, 3.63) is 31.2 Å². The fourth-order valence-corrected chi connectivity index (χ4v) is 3.69. The summed E-state index contributed by atoms with van der Waals surface area (Å²) in [6.07, 6.45) is 0. The monoisotopic (exact) mass is 426 g/mol. The first kappa shape index (κ1) is 13.2. The van der Waals surface area contributed by atoms with E-state index < -0.39 is 9.39 Å². The van der Waals surface area contributed by atoms with Crippen molar-refractivity contribution in [1.82, 2.24) is 0 Å². The third-order valence-corrected chi connectivity index (χ3v) is 4.90. The van der Waals surface area contributed by atoms with Crippen LogP contribution in [0.1, 0.15) is 15.9 Å². The number of alkyl halides is 2. The van der Waals surface area contributed by atoms with Crippen LogP contribution in [0.3, 0.4) is 0 Å². The van der Waals surface area contributed by atoms with Gasteiger partial charge in [0.2, 0.25) is 3.42 Å². The number of rotatable bonds is 0. The summed E-state index contributed by atoms with van der Waals surface area (Å²) in [4.78, 5) is 11.6. The lowest BCUT2D eigenvalue weighted by molar-refractivity contribution is 0.0494. The smallest absolute Gasteiger partial charge is 0.342 e. The van der Waals surface area contributed by atoms with Gasteiger partial charge in [-0.1, -0.05) is 46.4 Å². The number of benzene rings is 1. The van der Waals surface area contributed by atoms with E-state index >= 15 is 0 Å². The van der Waals surface area contributed by atoms with Crippen LogP contribution in [0.15, 0.2) is 0 Å². The second kappa shape index (κ2) is 4.18. The number of hydrogen-bond acceptors (Lipinski definition) is 2. The molecule has 1 heterocycles. The number of esters is 1. The van der Waals surface area contributed by atoms with Crippen molar-refractivity contribution in [2.75, 3.05) is 0 Å². The summed E-state index contributed by atoms with van der Waals surface area (Å²) in [6, 6.07) is 0. The second-order valence-electron chi connectivity index (χ2n) is 2.91. The van der Waals surface area contributed by atoms with Crippen LogP contribution >= 0.6 is 78.3 Å². The van der Waals surface area contributed by atoms with Crippen LogP contribution in [-0.4, -0.2) is 5.97 Å². The van der Waals surface area contributed by atoms with Gasteiger partial charge in [0.1, 0.15) is 0 Å². The third kappa shape index (κ3) is 1.78. The molecule has 0 aromatic heterocycles. The molecule has 1 aromatic rings. The first-order chi connectivity index (χ1) is 7.27. The number of carbonyl (C=O) groups is 1. The van der Waals surface area contributed by atoms with Crippen LogP contribution in [0.4, 0.5) is 0 Å². The van der Waals surface area contributed by atoms with Gasteiger partial charge in [0, 0.05) is 0 Å². The van der Waals surface area contributed by atoms with Gasteiger partial charge in [0.05, 0.1) is 31.2 Å². The normalized spacial score (nSPS) is 17.2. The Morgan fingerprint density at radius 3 is 2.00 bits per heavy atom. The van der Waals surface area contributed by atoms with Gasteiger partial charge in [-0.25, -0.2) is 4.79 Å². The van der Waals surface area contributed by atoms with E-state index in [4.69, 9.17) is 51.1 Å². The van der Waals surface area contributed by atoms with Crippen LogP contribution in [0.2, 0.25) is 20.1 Å². The molecule has 0 amide bonds. The van der Waals surface area contributed by atoms with E-state index in [1.165, 1.54) is 0 Å². The highest BCUT2D eigenvalue weighted by Crippen LogP contribution is 2.55. The van der Waals surface area contributed by atoms with Crippen molar-refractivity contribution in [2.45, 2.75) is 3.42 Å². The van der Waals surface area contributed by atoms with E-state index in [2.05, 4.69) is 31.9 Å². The molecule has 0 aliphatic carbocycles. The maximum absolute atomic E-state index is 11.6. The van der Waals surface area contributed by atoms with Gasteiger partial charge in [0.15, 0.2) is 0 Å². The van der Waals surface area contributed by atoms with Crippen LogP contribution in [0, 0.1) is 0 Å². The predicted molar refractivity (Wildman–Crippen MR) is 71.4 cm³/mol. The standard InChI is InChI=1S/C8Br2Cl4O2/c9-8(10)2-1(7(15)16-8)3(11)5(13)6(14)4(2)12. The molecule has 1 aromatic carbocycles. The molecule has 0 unspecified atom stereocenters. The first-order valence-corrected chi connectivity index (χ1v) is 6.84. The Balaban J connectivity index is 2.91. The van der Waals surface area contributed by atoms with Gasteiger partial charge in [-0.15, -0.1) is 0 Å². The molecular formula is C8Br2Cl4O2. The average Bonchev–Trinajstić information content (AvgIpc) is 2.42. The van der Waals surface area contributed by atoms with E-state index in [0.29, 0.717) is 5.56 Å². The summed E-state index contributed by atoms with van der Waals surface area (Å²) in [6.45, 7) is 0. The van der Waals surface area contributed by atoms with E-state index in [1.54, 1.807) is 0 Å². The quantitative estimate of drug-likeness (QED) is 0.240. The molecule has 1 aliphatic heterocycles. The van der Waals surface area contributed by atoms with E-state index in [0.717, 1.165) is 0 Å². The molecule has 0 saturated heterocycles. The Bertz CT molecular complexity index is 515. The molecule has 86 valence electrons. The van der Waals surface area contributed by atoms with Crippen LogP contribution in [0.5, 0.6) is 0 Å². The minimum Gasteiger partial charge on any atom is -0.429 e. The zero-order valence-corrected chi connectivity index (χ0v) is 13.3. The molecule has 0 fully saturated rings. The predicted octanol–water partition coefficient (Wildman–Crippen LogP) is 5.37. The Kier molecular flexibility index (Phi) is 3.46. The maximum Gasteiger partial charge on any atom is 0.342 e. The number of fused-ring (bicyclic) bond motifs is 1. The van der Waals surface area contributed by atoms with Gasteiger partial charge in [-0.2, -0.15) is 0 Å². The highest BCUT2D eigenvalue weighted by atomic mass is 79.9. The molecule has 0 bridgehead atoms. The number of cyclic esters (lactones) is 1. The van der Waals surface area contributed by atoms with Crippen LogP contribution in [-0.2, 0) is 8.16 Å². The highest BCUT2D eigenvalue weighted by molar-refractivity contribution is 9.24. The van der Waals surface area contributed by atoms with Gasteiger partial charge >= 0.3 is 5.97 Å². The lowest BCUT2D eigenvalue weighted by Crippen LogP contribution is -2.07. The minimum absolute atomic E-state index is 0.0249. The number of hydrogen-bond donors (Lipinski definition) is 0. The topological polar surface area (TPSA) is 26.3 Å². The molecule has 8 heteroatoms. The SMILES string of the molecule is O=C1OC(Br)(Br)c2c(Cl)c(Cl)c(Cl)c(Cl)c21. The van der Waals surface area contributed by atoms with Gasteiger partial charge in [0.25, 0.3) is 0 Å². The molecule has 0 saturated carbocycles. The summed E-state index contributed by atoms with van der Waals surface area (Å²) >= 11 is 30.0. The van der Waals surface area contributed by atoms with Crippen LogP contribution < -0.4 is 0 Å². The summed E-state index contributed by atoms with van der Waals surface area (Å²) < 4.78 is 3.78. The van der Waals surface area contributed by atoms with Gasteiger partial charge in [-0.05, 0) is 31.9 Å². The van der Waals surface area contributed by atoms with Crippen molar-refractivity contribution >= 4 is 84.2 Å². The summed E-state index contributed by atoms with van der Waals surface area (Å²) in [5.74, 6) is -0.630. The average molecular weight is 430 g/mol. The van der Waals surface area contributed by atoms with Crippen molar-refractivity contribution in [3.63, 3.8) is 0 Å². The zero-order valence-electron chi connectivity index (χ0n) is 7.08. The molecule has 0 atom stereocenters. The zero-order chi connectivity index (χ0) is 12.2. The van der Waals surface area contributed by atoms with E-state index in [-0.39, 0.29) is 25.7 Å². The molecule has 0 spiro atoms. The lowest BCUT2D eigenvalue weighted by atomic mass is 10.1. The van der Waals surface area contributed by atoms with Crippen molar-refractivity contribution in [1.29, 1.82) is 0 Å². The fourth-order valence-electron chi connectivity index (χ4n) is 1.32. The maximum atomic E-state index is 11.6. The Morgan fingerprint density at radius 1 is 0.938 bits per heavy atom. The van der Waals surface area contributed by atoms with Gasteiger partial charge < -0.3 is 4.74 Å². The molecule has 2 nitrogen and oxygen atoms in total. The van der Waals surface area contributed by atoms with Crippen molar-refractivity contribution in [3.8, 4) is 0 Å². The minimum atomic E-state index is -1.22. The number of carbonyl (C=O) groups excluding carboxylic acids is 1. The molecular weight excluding hydrogens is 430 g/mol. The summed E-state index contributed by atoms with van der Waals surface area (Å²) in [5.41, 5.74) is 0.424. The lowest BCUT2D eigenvalue weighted by Gasteiger charge is -2.15. The Hall–Kier alpha value is 0.810. The molecule has 1 aliphatic rings. The summed E-state index contributed by atoms with van der Waals surface area (Å²) in [7, 11) is 0. The number of halogens is 6. The molecule has 0 N–H and O–H groups in total. The van der Waals surface area contributed by atoms with E-state index in [9.17, 15) is 4.79 Å². The highest BCUT2D eigenvalue weighted by Gasteiger charge is 2.46. The fraction of sp³-hybridized carbons (Fsp3) is 0.125. The Morgan fingerprint density at radius 2 is 1.44 bits per heavy atom. The molecule has 16 heavy (non-hydrogen) atoms. The third-order valence-electron chi connectivity index (χ3n) is 1.98.